The van der Waals surface area contributed by atoms with Crippen LogP contribution in [0.2, 0.25) is 0 Å². The Hall–Kier alpha value is -2.45. The predicted molar refractivity (Wildman–Crippen MR) is 166 cm³/mol. The molecule has 0 unspecified atom stereocenters. The summed E-state index contributed by atoms with van der Waals surface area (Å²) in [5.74, 6) is -1.43. The molecule has 0 radical (unpaired) electrons. The van der Waals surface area contributed by atoms with Gasteiger partial charge in [-0.2, -0.15) is 25.3 Å². The Balaban J connectivity index is 3.78. The normalized spacial score (nSPS) is 12.7. The van der Waals surface area contributed by atoms with Crippen molar-refractivity contribution in [3.05, 3.63) is 72.9 Å². The highest BCUT2D eigenvalue weighted by molar-refractivity contribution is 8.00. The SMILES string of the molecule is CC/C=C\C/C=C\C/C=C\C/C=C\C/C=C\C/C=C\CCC(=O)NCCC(S)(S)CNC(=O)CCC(=O)O. The van der Waals surface area contributed by atoms with Gasteiger partial charge in [-0.1, -0.05) is 79.8 Å². The number of carbonyl (C=O) groups excluding carboxylic acids is 2. The van der Waals surface area contributed by atoms with Crippen molar-refractivity contribution in [1.82, 2.24) is 10.6 Å². The maximum Gasteiger partial charge on any atom is 0.303 e. The summed E-state index contributed by atoms with van der Waals surface area (Å²) in [5, 5.41) is 14.0. The van der Waals surface area contributed by atoms with Crippen molar-refractivity contribution in [2.75, 3.05) is 13.1 Å². The monoisotopic (exact) mass is 562 g/mol. The number of thiol groups is 2. The first kappa shape index (κ1) is 35.5. The van der Waals surface area contributed by atoms with E-state index in [9.17, 15) is 14.4 Å². The van der Waals surface area contributed by atoms with Crippen LogP contribution in [0.3, 0.4) is 0 Å². The highest BCUT2D eigenvalue weighted by atomic mass is 32.2. The molecule has 6 nitrogen and oxygen atoms in total. The van der Waals surface area contributed by atoms with Gasteiger partial charge in [0, 0.05) is 25.9 Å². The fraction of sp³-hybridized carbons (Fsp3) is 0.500. The summed E-state index contributed by atoms with van der Waals surface area (Å²) < 4.78 is -0.798. The number of carboxylic acid groups (broad SMARTS) is 1. The lowest BCUT2D eigenvalue weighted by atomic mass is 10.2. The number of hydrogen-bond acceptors (Lipinski definition) is 5. The third kappa shape index (κ3) is 26.6. The van der Waals surface area contributed by atoms with Crippen LogP contribution in [0.5, 0.6) is 0 Å². The zero-order valence-corrected chi connectivity index (χ0v) is 24.5. The van der Waals surface area contributed by atoms with E-state index in [1.165, 1.54) is 0 Å². The second-order valence-corrected chi connectivity index (χ2v) is 10.8. The van der Waals surface area contributed by atoms with Crippen molar-refractivity contribution in [3.8, 4) is 0 Å². The molecular weight excluding hydrogens is 516 g/mol. The molecule has 0 aliphatic rings. The summed E-state index contributed by atoms with van der Waals surface area (Å²) in [4.78, 5) is 34.1. The van der Waals surface area contributed by atoms with Gasteiger partial charge in [0.25, 0.3) is 0 Å². The Morgan fingerprint density at radius 3 is 1.58 bits per heavy atom. The lowest BCUT2D eigenvalue weighted by Crippen LogP contribution is -2.38. The van der Waals surface area contributed by atoms with E-state index in [1.807, 2.05) is 6.08 Å². The van der Waals surface area contributed by atoms with E-state index >= 15 is 0 Å². The number of rotatable bonds is 22. The van der Waals surface area contributed by atoms with E-state index in [4.69, 9.17) is 5.11 Å². The molecule has 8 heteroatoms. The molecule has 0 atom stereocenters. The molecule has 2 amide bonds. The first-order chi connectivity index (χ1) is 18.3. The van der Waals surface area contributed by atoms with Crippen molar-refractivity contribution >= 4 is 43.0 Å². The molecule has 212 valence electrons. The Morgan fingerprint density at radius 2 is 1.11 bits per heavy atom. The molecule has 0 aromatic heterocycles. The van der Waals surface area contributed by atoms with E-state index in [-0.39, 0.29) is 31.2 Å². The minimum absolute atomic E-state index is 0.0486. The number of carboxylic acids is 1. The topological polar surface area (TPSA) is 95.5 Å². The molecular formula is C30H46N2O4S2. The molecule has 0 aliphatic carbocycles. The van der Waals surface area contributed by atoms with Gasteiger partial charge >= 0.3 is 5.97 Å². The molecule has 3 N–H and O–H groups in total. The molecule has 0 saturated carbocycles. The third-order valence-corrected chi connectivity index (χ3v) is 5.88. The maximum atomic E-state index is 12.0. The average Bonchev–Trinajstić information content (AvgIpc) is 2.87. The van der Waals surface area contributed by atoms with Crippen LogP contribution in [0.1, 0.15) is 77.6 Å². The number of hydrogen-bond donors (Lipinski definition) is 5. The Kier molecular flexibility index (Phi) is 23.3. The summed E-state index contributed by atoms with van der Waals surface area (Å²) >= 11 is 8.80. The minimum atomic E-state index is -1.02. The maximum absolute atomic E-state index is 12.0. The van der Waals surface area contributed by atoms with Gasteiger partial charge in [0.1, 0.15) is 0 Å². The van der Waals surface area contributed by atoms with Crippen molar-refractivity contribution in [2.24, 2.45) is 0 Å². The van der Waals surface area contributed by atoms with Gasteiger partial charge in [-0.3, -0.25) is 14.4 Å². The van der Waals surface area contributed by atoms with Crippen LogP contribution in [0.25, 0.3) is 0 Å². The molecule has 0 rings (SSSR count). The van der Waals surface area contributed by atoms with Crippen LogP contribution >= 0.6 is 25.3 Å². The van der Waals surface area contributed by atoms with Crippen molar-refractivity contribution in [1.29, 1.82) is 0 Å². The van der Waals surface area contributed by atoms with Crippen LogP contribution in [0, 0.1) is 0 Å². The van der Waals surface area contributed by atoms with E-state index in [2.05, 4.69) is 110 Å². The van der Waals surface area contributed by atoms with Gasteiger partial charge in [-0.25, -0.2) is 0 Å². The van der Waals surface area contributed by atoms with Crippen molar-refractivity contribution in [2.45, 2.75) is 81.6 Å². The molecule has 0 saturated heterocycles. The molecule has 0 aliphatic heterocycles. The predicted octanol–water partition coefficient (Wildman–Crippen LogP) is 6.51. The average molecular weight is 563 g/mol. The Labute approximate surface area is 240 Å². The lowest BCUT2D eigenvalue weighted by molar-refractivity contribution is -0.138. The van der Waals surface area contributed by atoms with E-state index in [1.54, 1.807) is 0 Å². The molecule has 0 aromatic carbocycles. The zero-order valence-electron chi connectivity index (χ0n) is 22.7. The van der Waals surface area contributed by atoms with Gasteiger partial charge in [-0.15, -0.1) is 0 Å². The highest BCUT2D eigenvalue weighted by Crippen LogP contribution is 2.22. The van der Waals surface area contributed by atoms with E-state index < -0.39 is 10.0 Å². The standard InChI is InChI=1S/C30H46N2O4S2/c1-2-3-4-5-6-7-8-9-10-11-12-13-14-15-16-17-18-19-20-21-27(33)31-25-24-30(37,38)26-32-28(34)22-23-29(35)36/h3-4,6-7,9-10,12-13,15-16,18-19,37-38H,2,5,8,11,14,17,20-26H2,1H3,(H,31,33)(H,32,34)(H,35,36)/b4-3-,7-6-,10-9-,13-12-,16-15-,19-18-. The molecule has 0 bridgehead atoms. The first-order valence-corrected chi connectivity index (χ1v) is 14.3. The molecule has 0 spiro atoms. The number of nitrogens with one attached hydrogen (secondary N) is 2. The quantitative estimate of drug-likeness (QED) is 0.0591. The molecule has 0 aromatic rings. The first-order valence-electron chi connectivity index (χ1n) is 13.4. The fourth-order valence-electron chi connectivity index (χ4n) is 2.98. The summed E-state index contributed by atoms with van der Waals surface area (Å²) in [7, 11) is 0. The summed E-state index contributed by atoms with van der Waals surface area (Å²) in [6.07, 6.45) is 32.8. The number of amides is 2. The molecule has 38 heavy (non-hydrogen) atoms. The van der Waals surface area contributed by atoms with E-state index in [0.29, 0.717) is 25.8 Å². The summed E-state index contributed by atoms with van der Waals surface area (Å²) in [6.45, 7) is 2.70. The van der Waals surface area contributed by atoms with Crippen molar-refractivity contribution < 1.29 is 19.5 Å². The smallest absolute Gasteiger partial charge is 0.303 e. The van der Waals surface area contributed by atoms with Crippen LogP contribution in [0.4, 0.5) is 0 Å². The lowest BCUT2D eigenvalue weighted by Gasteiger charge is -2.23. The Bertz CT molecular complexity index is 843. The van der Waals surface area contributed by atoms with Crippen molar-refractivity contribution in [3.63, 3.8) is 0 Å². The van der Waals surface area contributed by atoms with Crippen LogP contribution in [0.15, 0.2) is 72.9 Å². The number of allylic oxidation sites excluding steroid dienone is 12. The molecule has 0 fully saturated rings. The van der Waals surface area contributed by atoms with Gasteiger partial charge in [0.15, 0.2) is 0 Å². The minimum Gasteiger partial charge on any atom is -0.481 e. The third-order valence-electron chi connectivity index (χ3n) is 5.12. The second kappa shape index (κ2) is 24.9. The van der Waals surface area contributed by atoms with Crippen LogP contribution in [-0.4, -0.2) is 40.1 Å². The largest absolute Gasteiger partial charge is 0.481 e. The summed E-state index contributed by atoms with van der Waals surface area (Å²) in [5.41, 5.74) is 0. The number of carbonyl (C=O) groups is 3. The summed E-state index contributed by atoms with van der Waals surface area (Å²) in [6, 6.07) is 0. The van der Waals surface area contributed by atoms with Crippen LogP contribution < -0.4 is 10.6 Å². The van der Waals surface area contributed by atoms with E-state index in [0.717, 1.165) is 38.5 Å². The van der Waals surface area contributed by atoms with Crippen LogP contribution in [-0.2, 0) is 14.4 Å². The fourth-order valence-corrected chi connectivity index (χ4v) is 3.36. The molecule has 0 heterocycles. The highest BCUT2D eigenvalue weighted by Gasteiger charge is 2.21. The number of aliphatic carboxylic acids is 1. The van der Waals surface area contributed by atoms with Gasteiger partial charge in [0.05, 0.1) is 10.5 Å². The second-order valence-electron chi connectivity index (χ2n) is 8.71. The van der Waals surface area contributed by atoms with Gasteiger partial charge in [0.2, 0.25) is 11.8 Å². The Morgan fingerprint density at radius 1 is 0.658 bits per heavy atom. The zero-order chi connectivity index (χ0) is 28.3. The van der Waals surface area contributed by atoms with Gasteiger partial charge in [-0.05, 0) is 51.4 Å². The van der Waals surface area contributed by atoms with Gasteiger partial charge < -0.3 is 15.7 Å².